The molecular formula is C16H31N5O2. The first kappa shape index (κ1) is 19.3. The Morgan fingerprint density at radius 1 is 1.43 bits per heavy atom. The minimum Gasteiger partial charge on any atom is -0.370 e. The van der Waals surface area contributed by atoms with Crippen molar-refractivity contribution in [2.75, 3.05) is 33.7 Å². The standard InChI is InChI=1S/C16H31N5O2/c1-5-12(2)19-16(18-10-15(23)20(3)4)21-8-6-7-13(11-21)9-14(17)22/h12-13H,5-11H2,1-4H3,(H2,17,22)(H,18,19). The summed E-state index contributed by atoms with van der Waals surface area (Å²) in [6.07, 6.45) is 3.39. The van der Waals surface area contributed by atoms with Gasteiger partial charge in [0.25, 0.3) is 0 Å². The van der Waals surface area contributed by atoms with Crippen LogP contribution in [-0.2, 0) is 9.59 Å². The summed E-state index contributed by atoms with van der Waals surface area (Å²) < 4.78 is 0. The summed E-state index contributed by atoms with van der Waals surface area (Å²) in [6.45, 7) is 5.96. The molecule has 1 heterocycles. The molecule has 0 aromatic rings. The van der Waals surface area contributed by atoms with Crippen molar-refractivity contribution in [1.82, 2.24) is 15.1 Å². The van der Waals surface area contributed by atoms with Gasteiger partial charge in [-0.3, -0.25) is 9.59 Å². The molecule has 7 heteroatoms. The molecule has 3 N–H and O–H groups in total. The largest absolute Gasteiger partial charge is 0.370 e. The molecule has 1 aliphatic rings. The molecule has 1 aliphatic heterocycles. The van der Waals surface area contributed by atoms with Gasteiger partial charge in [0.15, 0.2) is 5.96 Å². The maximum absolute atomic E-state index is 11.8. The van der Waals surface area contributed by atoms with Crippen molar-refractivity contribution in [3.63, 3.8) is 0 Å². The van der Waals surface area contributed by atoms with E-state index in [0.29, 0.717) is 6.42 Å². The van der Waals surface area contributed by atoms with E-state index in [1.807, 2.05) is 0 Å². The Labute approximate surface area is 139 Å². The van der Waals surface area contributed by atoms with Crippen LogP contribution >= 0.6 is 0 Å². The summed E-state index contributed by atoms with van der Waals surface area (Å²) in [6, 6.07) is 0.278. The van der Waals surface area contributed by atoms with E-state index in [1.165, 1.54) is 4.90 Å². The normalized spacial score (nSPS) is 20.1. The number of nitrogens with two attached hydrogens (primary N) is 1. The Morgan fingerprint density at radius 3 is 2.70 bits per heavy atom. The summed E-state index contributed by atoms with van der Waals surface area (Å²) in [5, 5.41) is 3.39. The van der Waals surface area contributed by atoms with Crippen LogP contribution in [0.5, 0.6) is 0 Å². The number of hydrogen-bond acceptors (Lipinski definition) is 3. The Kier molecular flexibility index (Phi) is 7.85. The van der Waals surface area contributed by atoms with E-state index in [1.54, 1.807) is 14.1 Å². The monoisotopic (exact) mass is 325 g/mol. The molecule has 1 saturated heterocycles. The van der Waals surface area contributed by atoms with Crippen LogP contribution in [0, 0.1) is 5.92 Å². The van der Waals surface area contributed by atoms with Crippen molar-refractivity contribution in [3.8, 4) is 0 Å². The number of carbonyl (C=O) groups excluding carboxylic acids is 2. The van der Waals surface area contributed by atoms with Gasteiger partial charge in [-0.25, -0.2) is 4.99 Å². The summed E-state index contributed by atoms with van der Waals surface area (Å²) in [5.74, 6) is 0.727. The van der Waals surface area contributed by atoms with E-state index < -0.39 is 0 Å². The van der Waals surface area contributed by atoms with E-state index in [-0.39, 0.29) is 30.3 Å². The van der Waals surface area contributed by atoms with Gasteiger partial charge in [0.1, 0.15) is 6.54 Å². The van der Waals surface area contributed by atoms with Crippen molar-refractivity contribution in [3.05, 3.63) is 0 Å². The predicted octanol–water partition coefficient (Wildman–Crippen LogP) is 0.406. The number of aliphatic imine (C=N–C) groups is 1. The van der Waals surface area contributed by atoms with Gasteiger partial charge in [-0.1, -0.05) is 6.92 Å². The van der Waals surface area contributed by atoms with E-state index in [4.69, 9.17) is 5.73 Å². The molecule has 23 heavy (non-hydrogen) atoms. The maximum Gasteiger partial charge on any atom is 0.243 e. The van der Waals surface area contributed by atoms with Gasteiger partial charge < -0.3 is 20.9 Å². The third-order valence-corrected chi connectivity index (χ3v) is 4.16. The molecular weight excluding hydrogens is 294 g/mol. The number of carbonyl (C=O) groups is 2. The molecule has 0 radical (unpaired) electrons. The van der Waals surface area contributed by atoms with Crippen LogP contribution in [0.4, 0.5) is 0 Å². The molecule has 2 amide bonds. The lowest BCUT2D eigenvalue weighted by Crippen LogP contribution is -2.49. The Morgan fingerprint density at radius 2 is 2.13 bits per heavy atom. The number of guanidine groups is 1. The maximum atomic E-state index is 11.8. The van der Waals surface area contributed by atoms with E-state index in [9.17, 15) is 9.59 Å². The highest BCUT2D eigenvalue weighted by molar-refractivity contribution is 5.85. The molecule has 0 spiro atoms. The molecule has 0 bridgehead atoms. The van der Waals surface area contributed by atoms with Gasteiger partial charge in [-0.2, -0.15) is 0 Å². The second kappa shape index (κ2) is 9.37. The zero-order chi connectivity index (χ0) is 17.4. The molecule has 1 rings (SSSR count). The number of nitrogens with zero attached hydrogens (tertiary/aromatic N) is 3. The lowest BCUT2D eigenvalue weighted by Gasteiger charge is -2.35. The highest BCUT2D eigenvalue weighted by Gasteiger charge is 2.24. The number of nitrogens with one attached hydrogen (secondary N) is 1. The van der Waals surface area contributed by atoms with E-state index in [0.717, 1.165) is 38.3 Å². The van der Waals surface area contributed by atoms with Gasteiger partial charge in [0.2, 0.25) is 11.8 Å². The summed E-state index contributed by atoms with van der Waals surface area (Å²) in [5.41, 5.74) is 5.33. The predicted molar refractivity (Wildman–Crippen MR) is 92.0 cm³/mol. The SMILES string of the molecule is CCC(C)NC(=NCC(=O)N(C)C)N1CCCC(CC(N)=O)C1. The number of amides is 2. The van der Waals surface area contributed by atoms with Gasteiger partial charge in [0, 0.05) is 39.6 Å². The van der Waals surface area contributed by atoms with Crippen molar-refractivity contribution in [2.24, 2.45) is 16.6 Å². The number of likely N-dealkylation sites (N-methyl/N-ethyl adjacent to an activating group) is 1. The van der Waals surface area contributed by atoms with Crippen molar-refractivity contribution >= 4 is 17.8 Å². The molecule has 2 atom stereocenters. The van der Waals surface area contributed by atoms with E-state index in [2.05, 4.69) is 29.1 Å². The molecule has 2 unspecified atom stereocenters. The van der Waals surface area contributed by atoms with Crippen LogP contribution in [0.1, 0.15) is 39.5 Å². The van der Waals surface area contributed by atoms with Gasteiger partial charge in [-0.05, 0) is 32.1 Å². The Balaban J connectivity index is 2.79. The Hall–Kier alpha value is -1.79. The quantitative estimate of drug-likeness (QED) is 0.546. The molecule has 0 aromatic carbocycles. The minimum atomic E-state index is -0.256. The number of piperidine rings is 1. The molecule has 0 saturated carbocycles. The number of likely N-dealkylation sites (tertiary alicyclic amines) is 1. The fourth-order valence-electron chi connectivity index (χ4n) is 2.55. The number of primary amides is 1. The topological polar surface area (TPSA) is 91.0 Å². The average molecular weight is 325 g/mol. The molecule has 0 aromatic heterocycles. The average Bonchev–Trinajstić information content (AvgIpc) is 2.50. The third-order valence-electron chi connectivity index (χ3n) is 4.16. The number of rotatable bonds is 6. The van der Waals surface area contributed by atoms with Crippen molar-refractivity contribution < 1.29 is 9.59 Å². The highest BCUT2D eigenvalue weighted by Crippen LogP contribution is 2.19. The van der Waals surface area contributed by atoms with Crippen molar-refractivity contribution in [1.29, 1.82) is 0 Å². The van der Waals surface area contributed by atoms with Gasteiger partial charge >= 0.3 is 0 Å². The molecule has 0 aliphatic carbocycles. The molecule has 132 valence electrons. The summed E-state index contributed by atoms with van der Waals surface area (Å²) >= 11 is 0. The van der Waals surface area contributed by atoms with Crippen LogP contribution < -0.4 is 11.1 Å². The van der Waals surface area contributed by atoms with Crippen molar-refractivity contribution in [2.45, 2.75) is 45.6 Å². The first-order valence-corrected chi connectivity index (χ1v) is 8.37. The zero-order valence-electron chi connectivity index (χ0n) is 14.8. The minimum absolute atomic E-state index is 0.0286. The number of hydrogen-bond donors (Lipinski definition) is 2. The lowest BCUT2D eigenvalue weighted by molar-refractivity contribution is -0.127. The Bertz CT molecular complexity index is 436. The molecule has 7 nitrogen and oxygen atoms in total. The fraction of sp³-hybridized carbons (Fsp3) is 0.812. The fourth-order valence-corrected chi connectivity index (χ4v) is 2.55. The highest BCUT2D eigenvalue weighted by atomic mass is 16.2. The van der Waals surface area contributed by atoms with Crippen LogP contribution in [-0.4, -0.2) is 67.3 Å². The summed E-state index contributed by atoms with van der Waals surface area (Å²) in [7, 11) is 3.45. The zero-order valence-corrected chi connectivity index (χ0v) is 14.8. The first-order valence-electron chi connectivity index (χ1n) is 8.37. The van der Waals surface area contributed by atoms with Crippen LogP contribution in [0.2, 0.25) is 0 Å². The van der Waals surface area contributed by atoms with Crippen LogP contribution in [0.3, 0.4) is 0 Å². The van der Waals surface area contributed by atoms with Gasteiger partial charge in [0.05, 0.1) is 0 Å². The second-order valence-corrected chi connectivity index (χ2v) is 6.51. The second-order valence-electron chi connectivity index (χ2n) is 6.51. The third kappa shape index (κ3) is 6.88. The first-order chi connectivity index (χ1) is 10.8. The van der Waals surface area contributed by atoms with Crippen LogP contribution in [0.25, 0.3) is 0 Å². The van der Waals surface area contributed by atoms with Gasteiger partial charge in [-0.15, -0.1) is 0 Å². The van der Waals surface area contributed by atoms with Crippen LogP contribution in [0.15, 0.2) is 4.99 Å². The lowest BCUT2D eigenvalue weighted by atomic mass is 9.95. The molecule has 1 fully saturated rings. The smallest absolute Gasteiger partial charge is 0.243 e. The summed E-state index contributed by atoms with van der Waals surface area (Å²) in [4.78, 5) is 31.1. The van der Waals surface area contributed by atoms with E-state index >= 15 is 0 Å².